The number of benzene rings is 1. The molecule has 1 aromatic carbocycles. The molecule has 0 atom stereocenters. The lowest BCUT2D eigenvalue weighted by atomic mass is 10.2. The van der Waals surface area contributed by atoms with Crippen LogP contribution in [0.2, 0.25) is 0 Å². The lowest BCUT2D eigenvalue weighted by Crippen LogP contribution is -2.26. The molecule has 146 valence electrons. The van der Waals surface area contributed by atoms with Gasteiger partial charge in [0.2, 0.25) is 0 Å². The van der Waals surface area contributed by atoms with Crippen LogP contribution in [0.3, 0.4) is 0 Å². The van der Waals surface area contributed by atoms with Crippen LogP contribution in [0.25, 0.3) is 16.7 Å². The molecule has 0 unspecified atom stereocenters. The monoisotopic (exact) mass is 381 g/mol. The molecule has 0 spiro atoms. The number of carbonyl (C=O) groups excluding carboxylic acids is 1. The lowest BCUT2D eigenvalue weighted by Gasteiger charge is -2.07. The Labute approximate surface area is 161 Å². The molecule has 0 saturated heterocycles. The Hall–Kier alpha value is -3.62. The number of aromatic nitrogens is 3. The number of guanidine groups is 1. The van der Waals surface area contributed by atoms with Gasteiger partial charge in [0, 0.05) is 35.9 Å². The summed E-state index contributed by atoms with van der Waals surface area (Å²) in [6, 6.07) is 8.76. The van der Waals surface area contributed by atoms with Gasteiger partial charge in [0.25, 0.3) is 5.91 Å². The SMILES string of the molecule is CCc1cc2cn(-c3ccc(C(=O)NCCCN=C(N)N)cc3)c(=O)nc2[nH]1. The first-order valence-electron chi connectivity index (χ1n) is 9.03. The van der Waals surface area contributed by atoms with E-state index in [1.165, 1.54) is 4.57 Å². The molecule has 2 heterocycles. The molecule has 0 bridgehead atoms. The van der Waals surface area contributed by atoms with E-state index in [1.807, 2.05) is 13.0 Å². The first-order valence-corrected chi connectivity index (χ1v) is 9.03. The standard InChI is InChI=1S/C19H23N7O2/c1-2-14-10-13-11-26(19(28)25-16(13)24-14)15-6-4-12(5-7-15)17(27)22-8-3-9-23-18(20)21/h4-7,10-11H,2-3,8-9H2,1H3,(H,22,27)(H4,20,21,23)(H,24,25,28). The zero-order valence-electron chi connectivity index (χ0n) is 15.6. The summed E-state index contributed by atoms with van der Waals surface area (Å²) in [5, 5.41) is 3.66. The normalized spacial score (nSPS) is 10.8. The summed E-state index contributed by atoms with van der Waals surface area (Å²) in [7, 11) is 0. The molecule has 0 saturated carbocycles. The second-order valence-electron chi connectivity index (χ2n) is 6.31. The molecule has 3 aromatic rings. The molecule has 2 aromatic heterocycles. The lowest BCUT2D eigenvalue weighted by molar-refractivity contribution is 0.0953. The van der Waals surface area contributed by atoms with E-state index < -0.39 is 0 Å². The predicted molar refractivity (Wildman–Crippen MR) is 109 cm³/mol. The molecule has 9 nitrogen and oxygen atoms in total. The Morgan fingerprint density at radius 1 is 1.29 bits per heavy atom. The zero-order valence-corrected chi connectivity index (χ0v) is 15.6. The van der Waals surface area contributed by atoms with Crippen molar-refractivity contribution >= 4 is 22.9 Å². The van der Waals surface area contributed by atoms with Crippen LogP contribution in [-0.4, -0.2) is 39.5 Å². The average Bonchev–Trinajstić information content (AvgIpc) is 3.08. The molecule has 0 aliphatic carbocycles. The molecule has 0 fully saturated rings. The molecule has 0 radical (unpaired) electrons. The van der Waals surface area contributed by atoms with Gasteiger partial charge in [-0.25, -0.2) is 4.79 Å². The Kier molecular flexibility index (Phi) is 5.73. The number of nitrogens with one attached hydrogen (secondary N) is 2. The summed E-state index contributed by atoms with van der Waals surface area (Å²) in [6.45, 7) is 2.95. The van der Waals surface area contributed by atoms with Crippen molar-refractivity contribution in [3.8, 4) is 5.69 Å². The van der Waals surface area contributed by atoms with Crippen LogP contribution in [0.1, 0.15) is 29.4 Å². The van der Waals surface area contributed by atoms with Crippen LogP contribution in [0.4, 0.5) is 0 Å². The van der Waals surface area contributed by atoms with E-state index in [4.69, 9.17) is 11.5 Å². The van der Waals surface area contributed by atoms with Crippen molar-refractivity contribution in [2.45, 2.75) is 19.8 Å². The van der Waals surface area contributed by atoms with E-state index in [0.717, 1.165) is 17.5 Å². The topological polar surface area (TPSA) is 144 Å². The fourth-order valence-corrected chi connectivity index (χ4v) is 2.79. The molecule has 3 rings (SSSR count). The number of H-pyrrole nitrogens is 1. The van der Waals surface area contributed by atoms with Gasteiger partial charge in [0.05, 0.1) is 5.69 Å². The first-order chi connectivity index (χ1) is 13.5. The highest BCUT2D eigenvalue weighted by Crippen LogP contribution is 2.14. The second kappa shape index (κ2) is 8.38. The minimum atomic E-state index is -0.381. The summed E-state index contributed by atoms with van der Waals surface area (Å²) in [4.78, 5) is 35.6. The Morgan fingerprint density at radius 2 is 2.04 bits per heavy atom. The number of aromatic amines is 1. The largest absolute Gasteiger partial charge is 0.370 e. The molecule has 28 heavy (non-hydrogen) atoms. The number of nitrogens with two attached hydrogens (primary N) is 2. The molecule has 6 N–H and O–H groups in total. The van der Waals surface area contributed by atoms with Gasteiger partial charge in [-0.2, -0.15) is 4.98 Å². The Balaban J connectivity index is 1.71. The third-order valence-electron chi connectivity index (χ3n) is 4.27. The third-order valence-corrected chi connectivity index (χ3v) is 4.27. The van der Waals surface area contributed by atoms with E-state index in [2.05, 4.69) is 20.3 Å². The minimum absolute atomic E-state index is 0.0374. The maximum Gasteiger partial charge on any atom is 0.354 e. The van der Waals surface area contributed by atoms with Crippen LogP contribution < -0.4 is 22.5 Å². The second-order valence-corrected chi connectivity index (χ2v) is 6.31. The van der Waals surface area contributed by atoms with Gasteiger partial charge >= 0.3 is 5.69 Å². The third kappa shape index (κ3) is 4.37. The number of amides is 1. The highest BCUT2D eigenvalue weighted by molar-refractivity contribution is 5.94. The molecule has 0 aliphatic heterocycles. The van der Waals surface area contributed by atoms with Crippen molar-refractivity contribution < 1.29 is 4.79 Å². The average molecular weight is 381 g/mol. The number of hydrogen-bond donors (Lipinski definition) is 4. The van der Waals surface area contributed by atoms with Gasteiger partial charge in [-0.1, -0.05) is 6.92 Å². The van der Waals surface area contributed by atoms with Crippen LogP contribution in [0, 0.1) is 0 Å². The van der Waals surface area contributed by atoms with Crippen LogP contribution in [0.15, 0.2) is 46.3 Å². The minimum Gasteiger partial charge on any atom is -0.370 e. The van der Waals surface area contributed by atoms with Gasteiger partial charge in [-0.05, 0) is 43.2 Å². The van der Waals surface area contributed by atoms with E-state index in [-0.39, 0.29) is 17.6 Å². The summed E-state index contributed by atoms with van der Waals surface area (Å²) in [5.41, 5.74) is 12.9. The van der Waals surface area contributed by atoms with Crippen molar-refractivity contribution in [1.29, 1.82) is 0 Å². The van der Waals surface area contributed by atoms with Crippen LogP contribution >= 0.6 is 0 Å². The quantitative estimate of drug-likeness (QED) is 0.270. The van der Waals surface area contributed by atoms with E-state index in [0.29, 0.717) is 36.4 Å². The highest BCUT2D eigenvalue weighted by Gasteiger charge is 2.09. The van der Waals surface area contributed by atoms with Crippen molar-refractivity contribution in [3.05, 3.63) is 58.3 Å². The molecular weight excluding hydrogens is 358 g/mol. The predicted octanol–water partition coefficient (Wildman–Crippen LogP) is 0.670. The number of fused-ring (bicyclic) bond motifs is 1. The number of aliphatic imine (C=N–C) groups is 1. The van der Waals surface area contributed by atoms with Crippen molar-refractivity contribution in [2.75, 3.05) is 13.1 Å². The van der Waals surface area contributed by atoms with E-state index in [1.54, 1.807) is 30.5 Å². The summed E-state index contributed by atoms with van der Waals surface area (Å²) < 4.78 is 1.46. The van der Waals surface area contributed by atoms with Gasteiger partial charge < -0.3 is 21.8 Å². The molecule has 9 heteroatoms. The maximum absolute atomic E-state index is 12.3. The number of carbonyl (C=O) groups is 1. The van der Waals surface area contributed by atoms with E-state index in [9.17, 15) is 9.59 Å². The molecule has 0 aliphatic rings. The van der Waals surface area contributed by atoms with Crippen molar-refractivity contribution in [3.63, 3.8) is 0 Å². The fourth-order valence-electron chi connectivity index (χ4n) is 2.79. The summed E-state index contributed by atoms with van der Waals surface area (Å²) >= 11 is 0. The first kappa shape index (κ1) is 19.2. The number of aryl methyl sites for hydroxylation is 1. The van der Waals surface area contributed by atoms with Gasteiger partial charge in [0.1, 0.15) is 5.65 Å². The van der Waals surface area contributed by atoms with Crippen LogP contribution in [0.5, 0.6) is 0 Å². The van der Waals surface area contributed by atoms with Crippen molar-refractivity contribution in [1.82, 2.24) is 19.9 Å². The summed E-state index contributed by atoms with van der Waals surface area (Å²) in [5.74, 6) is -0.161. The van der Waals surface area contributed by atoms with Crippen molar-refractivity contribution in [2.24, 2.45) is 16.5 Å². The number of nitrogens with zero attached hydrogens (tertiary/aromatic N) is 3. The van der Waals surface area contributed by atoms with Gasteiger partial charge in [-0.3, -0.25) is 14.4 Å². The van der Waals surface area contributed by atoms with E-state index >= 15 is 0 Å². The highest BCUT2D eigenvalue weighted by atomic mass is 16.2. The molecular formula is C19H23N7O2. The zero-order chi connectivity index (χ0) is 20.1. The summed E-state index contributed by atoms with van der Waals surface area (Å²) in [6.07, 6.45) is 3.22. The maximum atomic E-state index is 12.3. The Morgan fingerprint density at radius 3 is 2.71 bits per heavy atom. The number of hydrogen-bond acceptors (Lipinski definition) is 4. The number of rotatable bonds is 7. The van der Waals surface area contributed by atoms with Gasteiger partial charge in [-0.15, -0.1) is 0 Å². The Bertz CT molecular complexity index is 1060. The fraction of sp³-hybridized carbons (Fsp3) is 0.263. The van der Waals surface area contributed by atoms with Crippen LogP contribution in [-0.2, 0) is 6.42 Å². The smallest absolute Gasteiger partial charge is 0.354 e. The molecule has 1 amide bonds. The van der Waals surface area contributed by atoms with Gasteiger partial charge in [0.15, 0.2) is 5.96 Å².